The monoisotopic (exact) mass is 530 g/mol. The molecule has 4 aromatic heterocycles. The maximum absolute atomic E-state index is 14.2. The number of aryl methyl sites for hydroxylation is 1. The van der Waals surface area contributed by atoms with Crippen LogP contribution in [0.5, 0.6) is 0 Å². The van der Waals surface area contributed by atoms with Crippen LogP contribution in [0.15, 0.2) is 73.3 Å². The Balaban J connectivity index is 1.21. The summed E-state index contributed by atoms with van der Waals surface area (Å²) in [4.78, 5) is 12.4. The van der Waals surface area contributed by atoms with Gasteiger partial charge in [0.25, 0.3) is 0 Å². The van der Waals surface area contributed by atoms with Crippen molar-refractivity contribution in [3.8, 4) is 33.6 Å². The van der Waals surface area contributed by atoms with Crippen molar-refractivity contribution in [1.82, 2.24) is 30.5 Å². The Hall–Kier alpha value is -4.36. The Labute approximate surface area is 232 Å². The highest BCUT2D eigenvalue weighted by Crippen LogP contribution is 2.35. The molecular formula is C33H31FN6. The second kappa shape index (κ2) is 10.3. The fourth-order valence-electron chi connectivity index (χ4n) is 6.08. The number of nitrogens with one attached hydrogen (secondary N) is 3. The Morgan fingerprint density at radius 2 is 1.73 bits per heavy atom. The van der Waals surface area contributed by atoms with Crippen LogP contribution in [0.25, 0.3) is 55.4 Å². The smallest absolute Gasteiger partial charge is 0.124 e. The first-order valence-corrected chi connectivity index (χ1v) is 14.0. The number of fused-ring (bicyclic) bond motifs is 2. The highest BCUT2D eigenvalue weighted by molar-refractivity contribution is 6.01. The SMILES string of the molecule is Cc1cc(F)cc(-c2cncc3[nH]c(-c4n[nH]c5ccc(-c6cncc(CNCC7CCCC7)c6)cc45)cc23)c1. The van der Waals surface area contributed by atoms with Crippen molar-refractivity contribution in [2.24, 2.45) is 5.92 Å². The van der Waals surface area contributed by atoms with Gasteiger partial charge >= 0.3 is 0 Å². The fraction of sp³-hybridized carbons (Fsp3) is 0.242. The van der Waals surface area contributed by atoms with E-state index < -0.39 is 0 Å². The molecule has 4 heterocycles. The maximum Gasteiger partial charge on any atom is 0.124 e. The van der Waals surface area contributed by atoms with E-state index in [0.717, 1.165) is 80.0 Å². The molecule has 0 spiro atoms. The van der Waals surface area contributed by atoms with Crippen LogP contribution in [0.1, 0.15) is 36.8 Å². The van der Waals surface area contributed by atoms with E-state index in [9.17, 15) is 4.39 Å². The predicted molar refractivity (Wildman–Crippen MR) is 158 cm³/mol. The van der Waals surface area contributed by atoms with Crippen LogP contribution in [-0.2, 0) is 6.54 Å². The highest BCUT2D eigenvalue weighted by atomic mass is 19.1. The third kappa shape index (κ3) is 4.77. The van der Waals surface area contributed by atoms with Gasteiger partial charge in [0.05, 0.1) is 22.9 Å². The molecule has 1 saturated carbocycles. The van der Waals surface area contributed by atoms with E-state index >= 15 is 0 Å². The van der Waals surface area contributed by atoms with Gasteiger partial charge in [-0.25, -0.2) is 4.39 Å². The van der Waals surface area contributed by atoms with E-state index in [1.54, 1.807) is 18.5 Å². The zero-order valence-corrected chi connectivity index (χ0v) is 22.5. The third-order valence-electron chi connectivity index (χ3n) is 8.08. The van der Waals surface area contributed by atoms with Crippen LogP contribution in [0, 0.1) is 18.7 Å². The van der Waals surface area contributed by atoms with Gasteiger partial charge in [0.1, 0.15) is 11.5 Å². The quantitative estimate of drug-likeness (QED) is 0.199. The van der Waals surface area contributed by atoms with E-state index in [0.29, 0.717) is 0 Å². The lowest BCUT2D eigenvalue weighted by atomic mass is 10.0. The molecule has 7 rings (SSSR count). The van der Waals surface area contributed by atoms with Crippen LogP contribution in [0.2, 0.25) is 0 Å². The summed E-state index contributed by atoms with van der Waals surface area (Å²) >= 11 is 0. The Bertz CT molecular complexity index is 1810. The minimum atomic E-state index is -0.253. The number of rotatable bonds is 7. The second-order valence-electron chi connectivity index (χ2n) is 11.0. The van der Waals surface area contributed by atoms with Crippen molar-refractivity contribution in [2.45, 2.75) is 39.2 Å². The van der Waals surface area contributed by atoms with E-state index in [1.165, 1.54) is 37.3 Å². The molecule has 7 heteroatoms. The Morgan fingerprint density at radius 3 is 2.60 bits per heavy atom. The minimum absolute atomic E-state index is 0.253. The molecule has 1 aliphatic rings. The van der Waals surface area contributed by atoms with Crippen LogP contribution >= 0.6 is 0 Å². The zero-order chi connectivity index (χ0) is 27.1. The number of hydrogen-bond acceptors (Lipinski definition) is 4. The number of benzene rings is 2. The molecule has 200 valence electrons. The number of aromatic nitrogens is 5. The molecule has 0 amide bonds. The summed E-state index contributed by atoms with van der Waals surface area (Å²) in [5.74, 6) is 0.560. The lowest BCUT2D eigenvalue weighted by molar-refractivity contribution is 0.489. The normalized spacial score (nSPS) is 14.1. The molecule has 0 radical (unpaired) electrons. The highest BCUT2D eigenvalue weighted by Gasteiger charge is 2.16. The number of nitrogens with zero attached hydrogens (tertiary/aromatic N) is 3. The topological polar surface area (TPSA) is 82.3 Å². The average Bonchev–Trinajstić information content (AvgIpc) is 3.71. The standard InChI is InChI=1S/C33H31FN6/c1-20-8-24(11-26(34)9-20)29-18-37-19-32-27(29)13-31(38-32)33-28-12-23(6-7-30(28)39-40-33)25-10-22(16-36-17-25)15-35-14-21-4-2-3-5-21/h6-13,16-19,21,35,38H,2-5,14-15H2,1H3,(H,39,40). The summed E-state index contributed by atoms with van der Waals surface area (Å²) < 4.78 is 14.2. The lowest BCUT2D eigenvalue weighted by Crippen LogP contribution is -2.20. The number of hydrogen-bond donors (Lipinski definition) is 3. The van der Waals surface area contributed by atoms with Gasteiger partial charge in [-0.15, -0.1) is 0 Å². The largest absolute Gasteiger partial charge is 0.352 e. The zero-order valence-electron chi connectivity index (χ0n) is 22.5. The molecule has 0 atom stereocenters. The molecule has 0 unspecified atom stereocenters. The fourth-order valence-corrected chi connectivity index (χ4v) is 6.08. The summed E-state index contributed by atoms with van der Waals surface area (Å²) in [6.45, 7) is 3.80. The first-order chi connectivity index (χ1) is 19.6. The molecule has 6 nitrogen and oxygen atoms in total. The van der Waals surface area contributed by atoms with Gasteiger partial charge in [-0.05, 0) is 90.9 Å². The van der Waals surface area contributed by atoms with E-state index in [4.69, 9.17) is 0 Å². The number of aromatic amines is 2. The Morgan fingerprint density at radius 1 is 0.850 bits per heavy atom. The molecule has 6 aromatic rings. The van der Waals surface area contributed by atoms with Gasteiger partial charge in [0, 0.05) is 47.0 Å². The minimum Gasteiger partial charge on any atom is -0.352 e. The van der Waals surface area contributed by atoms with E-state index in [2.05, 4.69) is 60.8 Å². The summed E-state index contributed by atoms with van der Waals surface area (Å²) in [7, 11) is 0. The molecule has 40 heavy (non-hydrogen) atoms. The molecule has 0 bridgehead atoms. The van der Waals surface area contributed by atoms with E-state index in [1.807, 2.05) is 25.4 Å². The van der Waals surface area contributed by atoms with Gasteiger partial charge in [-0.1, -0.05) is 25.0 Å². The first kappa shape index (κ1) is 24.7. The maximum atomic E-state index is 14.2. The first-order valence-electron chi connectivity index (χ1n) is 14.0. The number of H-pyrrole nitrogens is 2. The predicted octanol–water partition coefficient (Wildman–Crippen LogP) is 7.56. The third-order valence-corrected chi connectivity index (χ3v) is 8.08. The molecule has 0 aliphatic heterocycles. The van der Waals surface area contributed by atoms with Crippen molar-refractivity contribution in [3.05, 3.63) is 90.3 Å². The molecule has 1 fully saturated rings. The van der Waals surface area contributed by atoms with Crippen LogP contribution in [0.3, 0.4) is 0 Å². The lowest BCUT2D eigenvalue weighted by Gasteiger charge is -2.11. The summed E-state index contributed by atoms with van der Waals surface area (Å²) in [5, 5.41) is 13.5. The molecular weight excluding hydrogens is 499 g/mol. The molecule has 3 N–H and O–H groups in total. The molecule has 1 aliphatic carbocycles. The van der Waals surface area contributed by atoms with Gasteiger partial charge in [0.15, 0.2) is 0 Å². The van der Waals surface area contributed by atoms with Gasteiger partial charge in [-0.3, -0.25) is 15.1 Å². The number of pyridine rings is 2. The molecule has 2 aromatic carbocycles. The van der Waals surface area contributed by atoms with Crippen LogP contribution in [0.4, 0.5) is 4.39 Å². The van der Waals surface area contributed by atoms with E-state index in [-0.39, 0.29) is 5.82 Å². The van der Waals surface area contributed by atoms with Crippen molar-refractivity contribution < 1.29 is 4.39 Å². The van der Waals surface area contributed by atoms with Crippen LogP contribution in [-0.4, -0.2) is 31.7 Å². The van der Waals surface area contributed by atoms with Crippen molar-refractivity contribution in [1.29, 1.82) is 0 Å². The molecule has 0 saturated heterocycles. The van der Waals surface area contributed by atoms with Gasteiger partial charge in [-0.2, -0.15) is 5.10 Å². The number of halogens is 1. The summed E-state index contributed by atoms with van der Waals surface area (Å²) in [6, 6.07) is 15.7. The van der Waals surface area contributed by atoms with Crippen molar-refractivity contribution in [3.63, 3.8) is 0 Å². The second-order valence-corrected chi connectivity index (χ2v) is 11.0. The van der Waals surface area contributed by atoms with Crippen LogP contribution < -0.4 is 5.32 Å². The van der Waals surface area contributed by atoms with Crippen molar-refractivity contribution in [2.75, 3.05) is 6.54 Å². The Kier molecular flexibility index (Phi) is 6.36. The van der Waals surface area contributed by atoms with Crippen molar-refractivity contribution >= 4 is 21.8 Å². The average molecular weight is 531 g/mol. The van der Waals surface area contributed by atoms with Gasteiger partial charge in [0.2, 0.25) is 0 Å². The summed E-state index contributed by atoms with van der Waals surface area (Å²) in [5.41, 5.74) is 9.46. The summed E-state index contributed by atoms with van der Waals surface area (Å²) in [6.07, 6.45) is 12.9. The van der Waals surface area contributed by atoms with Gasteiger partial charge < -0.3 is 10.3 Å².